The van der Waals surface area contributed by atoms with Gasteiger partial charge in [-0.1, -0.05) is 6.07 Å². The number of hydrogen-bond acceptors (Lipinski definition) is 9. The summed E-state index contributed by atoms with van der Waals surface area (Å²) in [4.78, 5) is 4.72. The van der Waals surface area contributed by atoms with Crippen LogP contribution in [0.25, 0.3) is 0 Å². The normalized spacial score (nSPS) is 18.8. The van der Waals surface area contributed by atoms with E-state index >= 15 is 0 Å². The Morgan fingerprint density at radius 3 is 1.90 bits per heavy atom. The second-order valence-electron chi connectivity index (χ2n) is 7.23. The SMILES string of the molecule is NCCCN1CCOCC1.NCCN1CCOCC1.NCc1ccc2c(c1)OCO2. The molecule has 0 radical (unpaired) electrons. The minimum absolute atomic E-state index is 0.323. The van der Waals surface area contributed by atoms with E-state index < -0.39 is 0 Å². The van der Waals surface area contributed by atoms with Gasteiger partial charge in [0.2, 0.25) is 6.79 Å². The number of fused-ring (bicyclic) bond motifs is 1. The summed E-state index contributed by atoms with van der Waals surface area (Å²) < 4.78 is 20.7. The Morgan fingerprint density at radius 1 is 0.733 bits per heavy atom. The zero-order valence-corrected chi connectivity index (χ0v) is 18.1. The van der Waals surface area contributed by atoms with Gasteiger partial charge < -0.3 is 36.1 Å². The largest absolute Gasteiger partial charge is 0.454 e. The first-order chi connectivity index (χ1) is 14.8. The molecule has 6 N–H and O–H groups in total. The Hall–Kier alpha value is -1.46. The summed E-state index contributed by atoms with van der Waals surface area (Å²) >= 11 is 0. The molecule has 0 unspecified atom stereocenters. The van der Waals surface area contributed by atoms with Crippen LogP contribution in [0.3, 0.4) is 0 Å². The molecule has 30 heavy (non-hydrogen) atoms. The van der Waals surface area contributed by atoms with E-state index in [1.807, 2.05) is 18.2 Å². The molecule has 2 fully saturated rings. The number of morpholine rings is 2. The van der Waals surface area contributed by atoms with Gasteiger partial charge >= 0.3 is 0 Å². The van der Waals surface area contributed by atoms with Crippen molar-refractivity contribution >= 4 is 0 Å². The third kappa shape index (κ3) is 9.57. The fraction of sp³-hybridized carbons (Fsp3) is 0.714. The molecule has 0 aromatic heterocycles. The standard InChI is InChI=1S/C8H9NO2.C7H16N2O.C6H14N2O/c9-4-6-1-2-7-8(3-6)11-5-10-7;8-2-1-3-9-4-6-10-7-5-9;7-1-2-8-3-5-9-6-4-8/h1-3H,4-5,9H2;1-8H2;1-7H2. The molecule has 9 nitrogen and oxygen atoms in total. The number of nitrogens with zero attached hydrogens (tertiary/aromatic N) is 2. The maximum Gasteiger partial charge on any atom is 0.231 e. The van der Waals surface area contributed by atoms with Gasteiger partial charge in [-0.25, -0.2) is 0 Å². The summed E-state index contributed by atoms with van der Waals surface area (Å²) in [6, 6.07) is 5.72. The molecule has 1 aromatic carbocycles. The summed E-state index contributed by atoms with van der Waals surface area (Å²) in [7, 11) is 0. The molecule has 3 aliphatic rings. The molecule has 4 rings (SSSR count). The van der Waals surface area contributed by atoms with Crippen LogP contribution in [0.5, 0.6) is 11.5 Å². The fourth-order valence-electron chi connectivity index (χ4n) is 3.21. The zero-order valence-electron chi connectivity index (χ0n) is 18.1. The van der Waals surface area contributed by atoms with Crippen LogP contribution >= 0.6 is 0 Å². The highest BCUT2D eigenvalue weighted by molar-refractivity contribution is 5.44. The lowest BCUT2D eigenvalue weighted by Crippen LogP contribution is -2.39. The van der Waals surface area contributed by atoms with Crippen molar-refractivity contribution in [2.45, 2.75) is 13.0 Å². The van der Waals surface area contributed by atoms with Gasteiger partial charge in [0.25, 0.3) is 0 Å². The molecular weight excluding hydrogens is 386 g/mol. The summed E-state index contributed by atoms with van der Waals surface area (Å²) in [5.74, 6) is 1.61. The molecule has 0 amide bonds. The van der Waals surface area contributed by atoms with Crippen molar-refractivity contribution in [1.82, 2.24) is 9.80 Å². The lowest BCUT2D eigenvalue weighted by atomic mass is 10.2. The molecule has 3 aliphatic heterocycles. The lowest BCUT2D eigenvalue weighted by Gasteiger charge is -2.26. The summed E-state index contributed by atoms with van der Waals surface area (Å²) in [5.41, 5.74) is 17.3. The summed E-state index contributed by atoms with van der Waals surface area (Å²) in [5, 5.41) is 0. The lowest BCUT2D eigenvalue weighted by molar-refractivity contribution is 0.0377. The van der Waals surface area contributed by atoms with E-state index in [0.717, 1.165) is 102 Å². The second-order valence-corrected chi connectivity index (χ2v) is 7.23. The summed E-state index contributed by atoms with van der Waals surface area (Å²) in [6.07, 6.45) is 1.11. The van der Waals surface area contributed by atoms with Crippen molar-refractivity contribution in [3.63, 3.8) is 0 Å². The maximum absolute atomic E-state index is 5.45. The fourth-order valence-corrected chi connectivity index (χ4v) is 3.21. The molecular formula is C21H39N5O4. The van der Waals surface area contributed by atoms with Crippen LogP contribution in [0.2, 0.25) is 0 Å². The topological polar surface area (TPSA) is 121 Å². The average molecular weight is 426 g/mol. The summed E-state index contributed by atoms with van der Waals surface area (Å²) in [6.45, 7) is 12.4. The molecule has 2 saturated heterocycles. The molecule has 0 aliphatic carbocycles. The van der Waals surface area contributed by atoms with Crippen LogP contribution in [0.1, 0.15) is 12.0 Å². The monoisotopic (exact) mass is 425 g/mol. The number of rotatable bonds is 6. The van der Waals surface area contributed by atoms with Gasteiger partial charge in [-0.15, -0.1) is 0 Å². The first kappa shape index (κ1) is 24.8. The predicted molar refractivity (Wildman–Crippen MR) is 118 cm³/mol. The first-order valence-corrected chi connectivity index (χ1v) is 10.9. The number of hydrogen-bond donors (Lipinski definition) is 3. The third-order valence-corrected chi connectivity index (χ3v) is 5.00. The maximum atomic E-state index is 5.45. The van der Waals surface area contributed by atoms with E-state index in [1.165, 1.54) is 0 Å². The predicted octanol–water partition coefficient (Wildman–Crippen LogP) is -0.181. The number of ether oxygens (including phenoxy) is 4. The van der Waals surface area contributed by atoms with Crippen LogP contribution in [0, 0.1) is 0 Å². The molecule has 0 bridgehead atoms. The first-order valence-electron chi connectivity index (χ1n) is 10.9. The van der Waals surface area contributed by atoms with Crippen molar-refractivity contribution in [2.75, 3.05) is 85.6 Å². The van der Waals surface area contributed by atoms with Crippen molar-refractivity contribution in [2.24, 2.45) is 17.2 Å². The van der Waals surface area contributed by atoms with E-state index in [2.05, 4.69) is 9.80 Å². The molecule has 9 heteroatoms. The van der Waals surface area contributed by atoms with Crippen LogP contribution in [-0.2, 0) is 16.0 Å². The van der Waals surface area contributed by atoms with E-state index in [1.54, 1.807) is 0 Å². The van der Waals surface area contributed by atoms with Gasteiger partial charge in [-0.3, -0.25) is 9.80 Å². The van der Waals surface area contributed by atoms with E-state index in [4.69, 9.17) is 36.1 Å². The quantitative estimate of drug-likeness (QED) is 0.570. The van der Waals surface area contributed by atoms with Gasteiger partial charge in [0, 0.05) is 45.8 Å². The van der Waals surface area contributed by atoms with Crippen molar-refractivity contribution in [3.8, 4) is 11.5 Å². The third-order valence-electron chi connectivity index (χ3n) is 5.00. The number of nitrogens with two attached hydrogens (primary N) is 3. The van der Waals surface area contributed by atoms with Gasteiger partial charge in [0.1, 0.15) is 0 Å². The van der Waals surface area contributed by atoms with E-state index in [-0.39, 0.29) is 0 Å². The van der Waals surface area contributed by atoms with Crippen molar-refractivity contribution < 1.29 is 18.9 Å². The molecule has 172 valence electrons. The highest BCUT2D eigenvalue weighted by atomic mass is 16.7. The minimum atomic E-state index is 0.323. The van der Waals surface area contributed by atoms with Gasteiger partial charge in [0.05, 0.1) is 26.4 Å². The second kappa shape index (κ2) is 15.4. The highest BCUT2D eigenvalue weighted by Gasteiger charge is 2.12. The van der Waals surface area contributed by atoms with E-state index in [0.29, 0.717) is 13.3 Å². The molecule has 0 spiro atoms. The van der Waals surface area contributed by atoms with Gasteiger partial charge in [-0.05, 0) is 37.2 Å². The molecule has 0 atom stereocenters. The molecule has 0 saturated carbocycles. The minimum Gasteiger partial charge on any atom is -0.454 e. The Labute approximate surface area is 180 Å². The van der Waals surface area contributed by atoms with Crippen molar-refractivity contribution in [3.05, 3.63) is 23.8 Å². The Balaban J connectivity index is 0.000000161. The van der Waals surface area contributed by atoms with E-state index in [9.17, 15) is 0 Å². The Bertz CT molecular complexity index is 564. The van der Waals surface area contributed by atoms with Gasteiger partial charge in [-0.2, -0.15) is 0 Å². The Kier molecular flexibility index (Phi) is 12.7. The van der Waals surface area contributed by atoms with Crippen LogP contribution < -0.4 is 26.7 Å². The molecule has 1 aromatic rings. The zero-order chi connectivity index (χ0) is 21.4. The number of benzene rings is 1. The van der Waals surface area contributed by atoms with Crippen LogP contribution in [-0.4, -0.2) is 95.4 Å². The van der Waals surface area contributed by atoms with Crippen molar-refractivity contribution in [1.29, 1.82) is 0 Å². The highest BCUT2D eigenvalue weighted by Crippen LogP contribution is 2.32. The van der Waals surface area contributed by atoms with Gasteiger partial charge in [0.15, 0.2) is 11.5 Å². The van der Waals surface area contributed by atoms with Crippen LogP contribution in [0.15, 0.2) is 18.2 Å². The van der Waals surface area contributed by atoms with Crippen LogP contribution in [0.4, 0.5) is 0 Å². The Morgan fingerprint density at radius 2 is 1.33 bits per heavy atom. The smallest absolute Gasteiger partial charge is 0.231 e. The average Bonchev–Trinajstić information content (AvgIpc) is 3.28. The molecule has 3 heterocycles.